The Hall–Kier alpha value is -1.62. The van der Waals surface area contributed by atoms with Crippen molar-refractivity contribution in [1.29, 1.82) is 0 Å². The molecule has 1 unspecified atom stereocenters. The van der Waals surface area contributed by atoms with E-state index in [1.54, 1.807) is 12.4 Å². The Morgan fingerprint density at radius 1 is 1.57 bits per heavy atom. The standard InChI is InChI=1S/C9H12N4O/c1-6(10)3-11-9-2-8-7(4-12-9)5-13-14-8/h2,4-6H,3,10H2,1H3,(H,11,12). The highest BCUT2D eigenvalue weighted by Gasteiger charge is 2.01. The Morgan fingerprint density at radius 2 is 2.43 bits per heavy atom. The van der Waals surface area contributed by atoms with Gasteiger partial charge in [-0.1, -0.05) is 5.16 Å². The van der Waals surface area contributed by atoms with Crippen molar-refractivity contribution in [3.63, 3.8) is 0 Å². The van der Waals surface area contributed by atoms with Gasteiger partial charge in [-0.2, -0.15) is 0 Å². The zero-order valence-electron chi connectivity index (χ0n) is 7.90. The first-order chi connectivity index (χ1) is 6.75. The maximum Gasteiger partial charge on any atom is 0.172 e. The molecule has 0 spiro atoms. The molecule has 0 radical (unpaired) electrons. The summed E-state index contributed by atoms with van der Waals surface area (Å²) in [5.41, 5.74) is 6.34. The summed E-state index contributed by atoms with van der Waals surface area (Å²) in [6.07, 6.45) is 3.35. The van der Waals surface area contributed by atoms with Gasteiger partial charge >= 0.3 is 0 Å². The Kier molecular flexibility index (Phi) is 2.32. The largest absolute Gasteiger partial charge is 0.368 e. The van der Waals surface area contributed by atoms with Gasteiger partial charge in [0.2, 0.25) is 0 Å². The number of pyridine rings is 1. The minimum Gasteiger partial charge on any atom is -0.368 e. The topological polar surface area (TPSA) is 77.0 Å². The quantitative estimate of drug-likeness (QED) is 0.758. The van der Waals surface area contributed by atoms with E-state index >= 15 is 0 Å². The van der Waals surface area contributed by atoms with Crippen molar-refractivity contribution in [2.24, 2.45) is 5.73 Å². The molecule has 2 rings (SSSR count). The molecule has 2 aromatic heterocycles. The van der Waals surface area contributed by atoms with E-state index in [0.717, 1.165) is 16.8 Å². The molecule has 14 heavy (non-hydrogen) atoms. The summed E-state index contributed by atoms with van der Waals surface area (Å²) in [4.78, 5) is 4.18. The van der Waals surface area contributed by atoms with Crippen molar-refractivity contribution < 1.29 is 4.52 Å². The van der Waals surface area contributed by atoms with Gasteiger partial charge in [0.05, 0.1) is 11.6 Å². The molecule has 1 atom stereocenters. The highest BCUT2D eigenvalue weighted by atomic mass is 16.5. The second kappa shape index (κ2) is 3.63. The zero-order chi connectivity index (χ0) is 9.97. The van der Waals surface area contributed by atoms with Gasteiger partial charge < -0.3 is 15.6 Å². The van der Waals surface area contributed by atoms with E-state index in [0.29, 0.717) is 6.54 Å². The molecule has 0 amide bonds. The third-order valence-corrected chi connectivity index (χ3v) is 1.84. The monoisotopic (exact) mass is 192 g/mol. The molecule has 0 saturated heterocycles. The Bertz CT molecular complexity index is 423. The van der Waals surface area contributed by atoms with Crippen molar-refractivity contribution in [2.75, 3.05) is 11.9 Å². The third-order valence-electron chi connectivity index (χ3n) is 1.84. The molecule has 3 N–H and O–H groups in total. The molecule has 0 aliphatic rings. The number of nitrogens with two attached hydrogens (primary N) is 1. The van der Waals surface area contributed by atoms with E-state index in [1.165, 1.54) is 0 Å². The Morgan fingerprint density at radius 3 is 3.21 bits per heavy atom. The summed E-state index contributed by atoms with van der Waals surface area (Å²) < 4.78 is 5.00. The lowest BCUT2D eigenvalue weighted by molar-refractivity contribution is 0.456. The predicted molar refractivity (Wildman–Crippen MR) is 53.9 cm³/mol. The lowest BCUT2D eigenvalue weighted by Gasteiger charge is -2.07. The first-order valence-corrected chi connectivity index (χ1v) is 4.45. The maximum atomic E-state index is 5.61. The minimum absolute atomic E-state index is 0.0993. The van der Waals surface area contributed by atoms with Gasteiger partial charge in [-0.05, 0) is 6.92 Å². The number of hydrogen-bond donors (Lipinski definition) is 2. The highest BCUT2D eigenvalue weighted by Crippen LogP contribution is 2.15. The number of fused-ring (bicyclic) bond motifs is 1. The van der Waals surface area contributed by atoms with E-state index < -0.39 is 0 Å². The SMILES string of the molecule is CC(N)CNc1cc2oncc2cn1. The Balaban J connectivity index is 2.17. The molecular weight excluding hydrogens is 180 g/mol. The van der Waals surface area contributed by atoms with Crippen molar-refractivity contribution in [3.8, 4) is 0 Å². The summed E-state index contributed by atoms with van der Waals surface area (Å²) in [7, 11) is 0. The second-order valence-corrected chi connectivity index (χ2v) is 3.29. The van der Waals surface area contributed by atoms with Gasteiger partial charge in [-0.3, -0.25) is 0 Å². The Labute approximate surface area is 81.3 Å². The lowest BCUT2D eigenvalue weighted by atomic mass is 10.3. The molecule has 0 aliphatic carbocycles. The van der Waals surface area contributed by atoms with Crippen LogP contribution in [-0.2, 0) is 0 Å². The molecule has 2 aromatic rings. The molecule has 0 aromatic carbocycles. The number of nitrogens with zero attached hydrogens (tertiary/aromatic N) is 2. The third kappa shape index (κ3) is 1.82. The van der Waals surface area contributed by atoms with Crippen LogP contribution in [0.15, 0.2) is 23.0 Å². The summed E-state index contributed by atoms with van der Waals surface area (Å²) in [6, 6.07) is 1.91. The maximum absolute atomic E-state index is 5.61. The predicted octanol–water partition coefficient (Wildman–Crippen LogP) is 0.982. The van der Waals surface area contributed by atoms with Gasteiger partial charge in [0.1, 0.15) is 5.82 Å². The van der Waals surface area contributed by atoms with Gasteiger partial charge in [-0.15, -0.1) is 0 Å². The normalized spacial score (nSPS) is 13.0. The van der Waals surface area contributed by atoms with Crippen molar-refractivity contribution in [2.45, 2.75) is 13.0 Å². The fourth-order valence-corrected chi connectivity index (χ4v) is 1.13. The number of rotatable bonds is 3. The van der Waals surface area contributed by atoms with E-state index in [2.05, 4.69) is 15.5 Å². The molecule has 0 saturated carbocycles. The van der Waals surface area contributed by atoms with Crippen LogP contribution in [-0.4, -0.2) is 22.7 Å². The minimum atomic E-state index is 0.0993. The van der Waals surface area contributed by atoms with Crippen molar-refractivity contribution in [1.82, 2.24) is 10.1 Å². The highest BCUT2D eigenvalue weighted by molar-refractivity contribution is 5.77. The number of hydrogen-bond acceptors (Lipinski definition) is 5. The van der Waals surface area contributed by atoms with E-state index in [1.807, 2.05) is 13.0 Å². The fraction of sp³-hybridized carbons (Fsp3) is 0.333. The molecule has 0 bridgehead atoms. The molecule has 2 heterocycles. The number of nitrogens with one attached hydrogen (secondary N) is 1. The van der Waals surface area contributed by atoms with Gasteiger partial charge in [0.15, 0.2) is 5.58 Å². The van der Waals surface area contributed by atoms with Crippen molar-refractivity contribution >= 4 is 16.8 Å². The summed E-state index contributed by atoms with van der Waals surface area (Å²) >= 11 is 0. The van der Waals surface area contributed by atoms with Gasteiger partial charge in [0, 0.05) is 24.8 Å². The van der Waals surface area contributed by atoms with Crippen LogP contribution >= 0.6 is 0 Å². The number of aromatic nitrogens is 2. The summed E-state index contributed by atoms with van der Waals surface area (Å²) in [5.74, 6) is 0.756. The van der Waals surface area contributed by atoms with E-state index in [-0.39, 0.29) is 6.04 Å². The van der Waals surface area contributed by atoms with Crippen LogP contribution in [0.25, 0.3) is 11.0 Å². The van der Waals surface area contributed by atoms with Crippen molar-refractivity contribution in [3.05, 3.63) is 18.5 Å². The van der Waals surface area contributed by atoms with Crippen LogP contribution in [0.5, 0.6) is 0 Å². The smallest absolute Gasteiger partial charge is 0.172 e. The van der Waals surface area contributed by atoms with E-state index in [4.69, 9.17) is 10.3 Å². The van der Waals surface area contributed by atoms with Crippen LogP contribution in [0, 0.1) is 0 Å². The lowest BCUT2D eigenvalue weighted by Crippen LogP contribution is -2.25. The molecule has 74 valence electrons. The van der Waals surface area contributed by atoms with Crippen LogP contribution < -0.4 is 11.1 Å². The fourth-order valence-electron chi connectivity index (χ4n) is 1.13. The summed E-state index contributed by atoms with van der Waals surface area (Å²) in [5, 5.41) is 7.67. The van der Waals surface area contributed by atoms with Crippen LogP contribution in [0.2, 0.25) is 0 Å². The zero-order valence-corrected chi connectivity index (χ0v) is 7.90. The average Bonchev–Trinajstić information content (AvgIpc) is 2.61. The van der Waals surface area contributed by atoms with E-state index in [9.17, 15) is 0 Å². The molecule has 0 fully saturated rings. The van der Waals surface area contributed by atoms with Crippen LogP contribution in [0.1, 0.15) is 6.92 Å². The van der Waals surface area contributed by atoms with Crippen LogP contribution in [0.4, 0.5) is 5.82 Å². The first-order valence-electron chi connectivity index (χ1n) is 4.45. The summed E-state index contributed by atoms with van der Waals surface area (Å²) in [6.45, 7) is 2.62. The molecule has 5 heteroatoms. The molecule has 0 aliphatic heterocycles. The second-order valence-electron chi connectivity index (χ2n) is 3.29. The van der Waals surface area contributed by atoms with Crippen LogP contribution in [0.3, 0.4) is 0 Å². The molecule has 5 nitrogen and oxygen atoms in total. The molecular formula is C9H12N4O. The average molecular weight is 192 g/mol. The first kappa shape index (κ1) is 8.96. The van der Waals surface area contributed by atoms with Gasteiger partial charge in [0.25, 0.3) is 0 Å². The number of anilines is 1. The van der Waals surface area contributed by atoms with Gasteiger partial charge in [-0.25, -0.2) is 4.98 Å².